The van der Waals surface area contributed by atoms with Gasteiger partial charge in [-0.05, 0) is 29.8 Å². The van der Waals surface area contributed by atoms with E-state index < -0.39 is 0 Å². The number of pyridine rings is 1. The van der Waals surface area contributed by atoms with E-state index >= 15 is 0 Å². The molecule has 0 bridgehead atoms. The second-order valence-corrected chi connectivity index (χ2v) is 7.15. The fraction of sp³-hybridized carbons (Fsp3) is 0.100. The highest BCUT2D eigenvalue weighted by Gasteiger charge is 2.06. The molecule has 6 heteroatoms. The number of nitrogens with zero attached hydrogens (tertiary/aromatic N) is 2. The van der Waals surface area contributed by atoms with Gasteiger partial charge in [-0.3, -0.25) is 4.98 Å². The molecule has 0 atom stereocenters. The number of hydrogen-bond acceptors (Lipinski definition) is 4. The molecule has 2 aromatic heterocycles. The maximum absolute atomic E-state index is 6.01. The molecule has 0 amide bonds. The molecule has 0 aliphatic rings. The van der Waals surface area contributed by atoms with Crippen LogP contribution in [0.15, 0.2) is 72.0 Å². The third-order valence-electron chi connectivity index (χ3n) is 3.82. The van der Waals surface area contributed by atoms with Crippen LogP contribution in [0.4, 0.5) is 0 Å². The van der Waals surface area contributed by atoms with Gasteiger partial charge in [0.25, 0.3) is 0 Å². The van der Waals surface area contributed by atoms with Crippen LogP contribution in [0.1, 0.15) is 11.3 Å². The minimum atomic E-state index is 0.543. The Balaban J connectivity index is 1.40. The largest absolute Gasteiger partial charge is 0.489 e. The van der Waals surface area contributed by atoms with Crippen LogP contribution < -0.4 is 4.74 Å². The van der Waals surface area contributed by atoms with Gasteiger partial charge in [0.05, 0.1) is 16.7 Å². The fourth-order valence-corrected chi connectivity index (χ4v) is 3.49. The number of thioether (sulfide) groups is 1. The van der Waals surface area contributed by atoms with Gasteiger partial charge in [-0.2, -0.15) is 0 Å². The molecule has 2 aromatic carbocycles. The zero-order valence-corrected chi connectivity index (χ0v) is 15.4. The lowest BCUT2D eigenvalue weighted by molar-refractivity contribution is 0.305. The van der Waals surface area contributed by atoms with E-state index in [2.05, 4.69) is 15.0 Å². The molecule has 0 unspecified atom stereocenters. The van der Waals surface area contributed by atoms with Gasteiger partial charge in [0.15, 0.2) is 5.16 Å². The van der Waals surface area contributed by atoms with Crippen LogP contribution in [0.5, 0.6) is 5.75 Å². The van der Waals surface area contributed by atoms with Crippen LogP contribution in [0.3, 0.4) is 0 Å². The zero-order chi connectivity index (χ0) is 17.8. The van der Waals surface area contributed by atoms with E-state index in [4.69, 9.17) is 16.3 Å². The van der Waals surface area contributed by atoms with E-state index in [9.17, 15) is 0 Å². The lowest BCUT2D eigenvalue weighted by Crippen LogP contribution is -1.96. The monoisotopic (exact) mass is 381 g/mol. The Kier molecular flexibility index (Phi) is 5.09. The van der Waals surface area contributed by atoms with Crippen LogP contribution >= 0.6 is 23.4 Å². The van der Waals surface area contributed by atoms with Gasteiger partial charge in [0.2, 0.25) is 0 Å². The Morgan fingerprint density at radius 2 is 1.92 bits per heavy atom. The van der Waals surface area contributed by atoms with Gasteiger partial charge in [0, 0.05) is 23.0 Å². The molecular formula is C20H16ClN3OS. The van der Waals surface area contributed by atoms with Crippen LogP contribution in [-0.4, -0.2) is 15.0 Å². The molecule has 26 heavy (non-hydrogen) atoms. The van der Waals surface area contributed by atoms with E-state index in [1.165, 1.54) is 0 Å². The number of benzene rings is 2. The van der Waals surface area contributed by atoms with E-state index in [1.54, 1.807) is 18.0 Å². The minimum absolute atomic E-state index is 0.543. The summed E-state index contributed by atoms with van der Waals surface area (Å²) < 4.78 is 5.86. The maximum atomic E-state index is 6.01. The molecule has 4 aromatic rings. The van der Waals surface area contributed by atoms with E-state index in [1.807, 2.05) is 60.7 Å². The number of imidazole rings is 1. The van der Waals surface area contributed by atoms with Gasteiger partial charge >= 0.3 is 0 Å². The highest BCUT2D eigenvalue weighted by molar-refractivity contribution is 7.98. The second kappa shape index (κ2) is 7.81. The molecule has 4 nitrogen and oxygen atoms in total. The summed E-state index contributed by atoms with van der Waals surface area (Å²) in [6, 6.07) is 19.6. The quantitative estimate of drug-likeness (QED) is 0.449. The smallest absolute Gasteiger partial charge is 0.166 e. The molecule has 0 fully saturated rings. The Labute approximate surface area is 160 Å². The van der Waals surface area contributed by atoms with Crippen LogP contribution in [-0.2, 0) is 12.4 Å². The summed E-state index contributed by atoms with van der Waals surface area (Å²) in [5.41, 5.74) is 3.93. The summed E-state index contributed by atoms with van der Waals surface area (Å²) in [6.45, 7) is 0.543. The molecule has 0 aliphatic heterocycles. The summed E-state index contributed by atoms with van der Waals surface area (Å²) in [6.07, 6.45) is 1.77. The SMILES string of the molecule is Clc1ccc2nc(SCc3cc(OCc4ccccc4)ccn3)[nH]c2c1. The lowest BCUT2D eigenvalue weighted by atomic mass is 10.2. The van der Waals surface area contributed by atoms with E-state index in [-0.39, 0.29) is 0 Å². The van der Waals surface area contributed by atoms with Crippen molar-refractivity contribution in [2.45, 2.75) is 17.5 Å². The van der Waals surface area contributed by atoms with Gasteiger partial charge in [-0.1, -0.05) is 53.7 Å². The number of hydrogen-bond donors (Lipinski definition) is 1. The first-order valence-corrected chi connectivity index (χ1v) is 9.52. The Morgan fingerprint density at radius 1 is 1.04 bits per heavy atom. The third-order valence-corrected chi connectivity index (χ3v) is 4.96. The lowest BCUT2D eigenvalue weighted by Gasteiger charge is -2.07. The number of fused-ring (bicyclic) bond motifs is 1. The average Bonchev–Trinajstić information content (AvgIpc) is 3.08. The van der Waals surface area contributed by atoms with Crippen molar-refractivity contribution in [2.75, 3.05) is 0 Å². The van der Waals surface area contributed by atoms with Crippen molar-refractivity contribution in [3.05, 3.63) is 83.1 Å². The zero-order valence-electron chi connectivity index (χ0n) is 13.9. The Morgan fingerprint density at radius 3 is 2.81 bits per heavy atom. The standard InChI is InChI=1S/C20H16ClN3OS/c21-15-6-7-18-19(10-15)24-20(23-18)26-13-16-11-17(8-9-22-16)25-12-14-4-2-1-3-5-14/h1-11H,12-13H2,(H,23,24). The first-order chi connectivity index (χ1) is 12.8. The van der Waals surface area contributed by atoms with Crippen molar-refractivity contribution in [1.29, 1.82) is 0 Å². The van der Waals surface area contributed by atoms with Crippen LogP contribution in [0.2, 0.25) is 5.02 Å². The molecule has 2 heterocycles. The average molecular weight is 382 g/mol. The summed E-state index contributed by atoms with van der Waals surface area (Å²) in [5, 5.41) is 1.54. The number of rotatable bonds is 6. The van der Waals surface area contributed by atoms with Crippen molar-refractivity contribution in [2.24, 2.45) is 0 Å². The minimum Gasteiger partial charge on any atom is -0.489 e. The topological polar surface area (TPSA) is 50.8 Å². The van der Waals surface area contributed by atoms with Gasteiger partial charge < -0.3 is 9.72 Å². The highest BCUT2D eigenvalue weighted by Crippen LogP contribution is 2.25. The second-order valence-electron chi connectivity index (χ2n) is 5.75. The highest BCUT2D eigenvalue weighted by atomic mass is 35.5. The molecule has 1 N–H and O–H groups in total. The van der Waals surface area contributed by atoms with Crippen LogP contribution in [0.25, 0.3) is 11.0 Å². The first kappa shape index (κ1) is 16.9. The van der Waals surface area contributed by atoms with E-state index in [0.29, 0.717) is 17.4 Å². The summed E-state index contributed by atoms with van der Waals surface area (Å²) in [7, 11) is 0. The van der Waals surface area contributed by atoms with Crippen molar-refractivity contribution in [3.63, 3.8) is 0 Å². The van der Waals surface area contributed by atoms with Gasteiger partial charge in [-0.15, -0.1) is 0 Å². The number of aromatic nitrogens is 3. The predicted molar refractivity (Wildman–Crippen MR) is 106 cm³/mol. The third kappa shape index (κ3) is 4.18. The normalized spacial score (nSPS) is 11.0. The number of ether oxygens (including phenoxy) is 1. The molecular weight excluding hydrogens is 366 g/mol. The Bertz CT molecular complexity index is 1020. The predicted octanol–water partition coefficient (Wildman–Crippen LogP) is 5.48. The van der Waals surface area contributed by atoms with Crippen molar-refractivity contribution < 1.29 is 4.74 Å². The number of H-pyrrole nitrogens is 1. The molecule has 0 saturated carbocycles. The van der Waals surface area contributed by atoms with Crippen LogP contribution in [0, 0.1) is 0 Å². The Hall–Kier alpha value is -2.50. The summed E-state index contributed by atoms with van der Waals surface area (Å²) >= 11 is 7.61. The number of halogens is 1. The molecule has 0 aliphatic carbocycles. The maximum Gasteiger partial charge on any atom is 0.166 e. The van der Waals surface area contributed by atoms with Gasteiger partial charge in [-0.25, -0.2) is 4.98 Å². The van der Waals surface area contributed by atoms with Crippen molar-refractivity contribution in [3.8, 4) is 5.75 Å². The number of nitrogens with one attached hydrogen (secondary N) is 1. The molecule has 0 saturated heterocycles. The molecule has 130 valence electrons. The first-order valence-electron chi connectivity index (χ1n) is 8.16. The number of aromatic amines is 1. The van der Waals surface area contributed by atoms with E-state index in [0.717, 1.165) is 33.2 Å². The molecule has 4 rings (SSSR count). The summed E-state index contributed by atoms with van der Waals surface area (Å²) in [4.78, 5) is 12.2. The van der Waals surface area contributed by atoms with Crippen molar-refractivity contribution in [1.82, 2.24) is 15.0 Å². The summed E-state index contributed by atoms with van der Waals surface area (Å²) in [5.74, 6) is 1.52. The molecule has 0 radical (unpaired) electrons. The fourth-order valence-electron chi connectivity index (χ4n) is 2.53. The molecule has 0 spiro atoms. The van der Waals surface area contributed by atoms with Crippen molar-refractivity contribution >= 4 is 34.4 Å². The van der Waals surface area contributed by atoms with Gasteiger partial charge in [0.1, 0.15) is 12.4 Å².